The summed E-state index contributed by atoms with van der Waals surface area (Å²) in [5.74, 6) is -1.17. The Balaban J connectivity index is 2.00. The molecule has 1 aromatic heterocycles. The third-order valence-corrected chi connectivity index (χ3v) is 3.56. The first-order valence-electron chi connectivity index (χ1n) is 6.71. The second-order valence-corrected chi connectivity index (χ2v) is 5.16. The number of hydrogen-bond donors (Lipinski definition) is 1. The number of aromatic nitrogens is 1. The van der Waals surface area contributed by atoms with Gasteiger partial charge in [0.2, 0.25) is 0 Å². The van der Waals surface area contributed by atoms with Crippen LogP contribution >= 0.6 is 0 Å². The van der Waals surface area contributed by atoms with Gasteiger partial charge in [-0.05, 0) is 26.0 Å². The molecule has 20 heavy (non-hydrogen) atoms. The smallest absolute Gasteiger partial charge is 0.337 e. The minimum absolute atomic E-state index is 0.0891. The van der Waals surface area contributed by atoms with Crippen molar-refractivity contribution in [3.8, 4) is 0 Å². The maximum atomic E-state index is 12.3. The van der Waals surface area contributed by atoms with Crippen LogP contribution in [0.1, 0.15) is 34.7 Å². The van der Waals surface area contributed by atoms with Crippen molar-refractivity contribution in [2.24, 2.45) is 0 Å². The SMILES string of the molecule is CC(C)N1CCN(C(=O)c2ccc(C(=O)O)cn2)CC1. The molecule has 0 spiro atoms. The van der Waals surface area contributed by atoms with E-state index in [0.29, 0.717) is 24.8 Å². The molecule has 6 nitrogen and oxygen atoms in total. The molecule has 0 saturated carbocycles. The molecule has 0 bridgehead atoms. The van der Waals surface area contributed by atoms with E-state index in [1.54, 1.807) is 4.90 Å². The van der Waals surface area contributed by atoms with E-state index in [1.807, 2.05) is 0 Å². The van der Waals surface area contributed by atoms with Crippen molar-refractivity contribution in [1.29, 1.82) is 0 Å². The second kappa shape index (κ2) is 6.00. The third-order valence-electron chi connectivity index (χ3n) is 3.56. The molecule has 1 fully saturated rings. The molecule has 108 valence electrons. The quantitative estimate of drug-likeness (QED) is 0.890. The number of carboxylic acid groups (broad SMARTS) is 1. The van der Waals surface area contributed by atoms with Crippen LogP contribution in [0.25, 0.3) is 0 Å². The fourth-order valence-electron chi connectivity index (χ4n) is 2.25. The van der Waals surface area contributed by atoms with E-state index in [4.69, 9.17) is 5.11 Å². The third kappa shape index (κ3) is 3.14. The van der Waals surface area contributed by atoms with E-state index in [9.17, 15) is 9.59 Å². The van der Waals surface area contributed by atoms with Gasteiger partial charge in [0.15, 0.2) is 0 Å². The molecule has 1 N–H and O–H groups in total. The zero-order chi connectivity index (χ0) is 14.7. The van der Waals surface area contributed by atoms with Crippen LogP contribution in [0.4, 0.5) is 0 Å². The molecule has 1 aliphatic heterocycles. The number of piperazine rings is 1. The van der Waals surface area contributed by atoms with Crippen molar-refractivity contribution in [2.45, 2.75) is 19.9 Å². The normalized spacial score (nSPS) is 16.4. The van der Waals surface area contributed by atoms with E-state index in [2.05, 4.69) is 23.7 Å². The van der Waals surface area contributed by atoms with Crippen LogP contribution < -0.4 is 0 Å². The van der Waals surface area contributed by atoms with Gasteiger partial charge >= 0.3 is 5.97 Å². The first-order valence-corrected chi connectivity index (χ1v) is 6.71. The number of rotatable bonds is 3. The predicted molar refractivity (Wildman–Crippen MR) is 73.8 cm³/mol. The summed E-state index contributed by atoms with van der Waals surface area (Å²) in [6, 6.07) is 3.37. The lowest BCUT2D eigenvalue weighted by molar-refractivity contribution is 0.0588. The fourth-order valence-corrected chi connectivity index (χ4v) is 2.25. The number of aromatic carboxylic acids is 1. The number of carbonyl (C=O) groups excluding carboxylic acids is 1. The Hall–Kier alpha value is -1.95. The summed E-state index contributed by atoms with van der Waals surface area (Å²) in [4.78, 5) is 31.0. The van der Waals surface area contributed by atoms with E-state index in [0.717, 1.165) is 13.1 Å². The highest BCUT2D eigenvalue weighted by Crippen LogP contribution is 2.10. The number of carboxylic acids is 1. The molecule has 2 heterocycles. The first kappa shape index (κ1) is 14.5. The van der Waals surface area contributed by atoms with Crippen molar-refractivity contribution < 1.29 is 14.7 Å². The van der Waals surface area contributed by atoms with Gasteiger partial charge in [-0.2, -0.15) is 0 Å². The largest absolute Gasteiger partial charge is 0.478 e. The topological polar surface area (TPSA) is 73.7 Å². The lowest BCUT2D eigenvalue weighted by Gasteiger charge is -2.36. The monoisotopic (exact) mass is 277 g/mol. The van der Waals surface area contributed by atoms with Crippen molar-refractivity contribution in [3.05, 3.63) is 29.6 Å². The molecule has 0 aromatic carbocycles. The molecule has 1 aliphatic rings. The molecule has 1 saturated heterocycles. The van der Waals surface area contributed by atoms with Crippen LogP contribution in [0.5, 0.6) is 0 Å². The Kier molecular flexibility index (Phi) is 4.34. The van der Waals surface area contributed by atoms with Crippen LogP contribution in [0.15, 0.2) is 18.3 Å². The van der Waals surface area contributed by atoms with Gasteiger partial charge in [0, 0.05) is 38.4 Å². The van der Waals surface area contributed by atoms with Gasteiger partial charge in [-0.15, -0.1) is 0 Å². The standard InChI is InChI=1S/C14H19N3O3/c1-10(2)16-5-7-17(8-6-16)13(18)12-4-3-11(9-15-12)14(19)20/h3-4,9-10H,5-8H2,1-2H3,(H,19,20). The highest BCUT2D eigenvalue weighted by molar-refractivity contribution is 5.93. The molecule has 0 unspecified atom stereocenters. The summed E-state index contributed by atoms with van der Waals surface area (Å²) in [6.45, 7) is 7.36. The number of hydrogen-bond acceptors (Lipinski definition) is 4. The van der Waals surface area contributed by atoms with Crippen LogP contribution in [-0.4, -0.2) is 64.0 Å². The molecular formula is C14H19N3O3. The van der Waals surface area contributed by atoms with Gasteiger partial charge in [-0.25, -0.2) is 4.79 Å². The molecule has 2 rings (SSSR count). The number of nitrogens with zero attached hydrogens (tertiary/aromatic N) is 3. The van der Waals surface area contributed by atoms with Crippen molar-refractivity contribution in [2.75, 3.05) is 26.2 Å². The van der Waals surface area contributed by atoms with Gasteiger partial charge in [0.05, 0.1) is 5.56 Å². The van der Waals surface area contributed by atoms with E-state index in [-0.39, 0.29) is 11.5 Å². The molecule has 0 atom stereocenters. The fraction of sp³-hybridized carbons (Fsp3) is 0.500. The first-order chi connectivity index (χ1) is 9.49. The highest BCUT2D eigenvalue weighted by atomic mass is 16.4. The Bertz CT molecular complexity index is 491. The zero-order valence-electron chi connectivity index (χ0n) is 11.7. The highest BCUT2D eigenvalue weighted by Gasteiger charge is 2.24. The van der Waals surface area contributed by atoms with E-state index >= 15 is 0 Å². The summed E-state index contributed by atoms with van der Waals surface area (Å²) in [6.07, 6.45) is 1.22. The Morgan fingerprint density at radius 3 is 2.30 bits per heavy atom. The Labute approximate surface area is 118 Å². The van der Waals surface area contributed by atoms with Crippen molar-refractivity contribution in [3.63, 3.8) is 0 Å². The van der Waals surface area contributed by atoms with Crippen LogP contribution in [0, 0.1) is 0 Å². The van der Waals surface area contributed by atoms with Gasteiger partial charge in [-0.1, -0.05) is 0 Å². The average Bonchev–Trinajstić information content (AvgIpc) is 2.46. The maximum Gasteiger partial charge on any atom is 0.337 e. The average molecular weight is 277 g/mol. The number of pyridine rings is 1. The van der Waals surface area contributed by atoms with E-state index < -0.39 is 5.97 Å². The molecule has 0 aliphatic carbocycles. The van der Waals surface area contributed by atoms with Crippen LogP contribution in [0.3, 0.4) is 0 Å². The zero-order valence-corrected chi connectivity index (χ0v) is 11.7. The molecule has 1 amide bonds. The van der Waals surface area contributed by atoms with Gasteiger partial charge in [0.1, 0.15) is 5.69 Å². The van der Waals surface area contributed by atoms with Gasteiger partial charge < -0.3 is 10.0 Å². The van der Waals surface area contributed by atoms with Gasteiger partial charge in [-0.3, -0.25) is 14.7 Å². The molecular weight excluding hydrogens is 258 g/mol. The maximum absolute atomic E-state index is 12.3. The minimum Gasteiger partial charge on any atom is -0.478 e. The number of carbonyl (C=O) groups is 2. The summed E-state index contributed by atoms with van der Waals surface area (Å²) in [7, 11) is 0. The molecule has 1 aromatic rings. The number of amides is 1. The summed E-state index contributed by atoms with van der Waals surface area (Å²) >= 11 is 0. The van der Waals surface area contributed by atoms with Crippen LogP contribution in [-0.2, 0) is 0 Å². The Morgan fingerprint density at radius 2 is 1.85 bits per heavy atom. The Morgan fingerprint density at radius 1 is 1.20 bits per heavy atom. The van der Waals surface area contributed by atoms with Gasteiger partial charge in [0.25, 0.3) is 5.91 Å². The van der Waals surface area contributed by atoms with Crippen molar-refractivity contribution >= 4 is 11.9 Å². The lowest BCUT2D eigenvalue weighted by atomic mass is 10.2. The second-order valence-electron chi connectivity index (χ2n) is 5.16. The minimum atomic E-state index is -1.04. The van der Waals surface area contributed by atoms with E-state index in [1.165, 1.54) is 18.3 Å². The predicted octanol–water partition coefficient (Wildman–Crippen LogP) is 0.946. The summed E-state index contributed by atoms with van der Waals surface area (Å²) in [5.41, 5.74) is 0.388. The van der Waals surface area contributed by atoms with Crippen molar-refractivity contribution in [1.82, 2.24) is 14.8 Å². The summed E-state index contributed by atoms with van der Waals surface area (Å²) < 4.78 is 0. The molecule has 6 heteroatoms. The molecule has 0 radical (unpaired) electrons. The lowest BCUT2D eigenvalue weighted by Crippen LogP contribution is -2.50. The van der Waals surface area contributed by atoms with Crippen LogP contribution in [0.2, 0.25) is 0 Å². The summed E-state index contributed by atoms with van der Waals surface area (Å²) in [5, 5.41) is 8.80.